The SMILES string of the molecule is CC(CN)COCC1OC(O/C(=N/c2ccccc2)C(F)(F)F)C(OCc2ccccc2)C(OCc2ccccc2)C1OCc1ccccc1. The molecular weight excluding hydrogens is 649 g/mol. The number of halogens is 3. The molecule has 0 aromatic heterocycles. The van der Waals surface area contributed by atoms with Gasteiger partial charge < -0.3 is 34.2 Å². The van der Waals surface area contributed by atoms with Crippen molar-refractivity contribution in [3.05, 3.63) is 138 Å². The van der Waals surface area contributed by atoms with E-state index < -0.39 is 42.8 Å². The number of alkyl halides is 3. The van der Waals surface area contributed by atoms with Gasteiger partial charge in [0.2, 0.25) is 6.29 Å². The van der Waals surface area contributed by atoms with E-state index in [1.54, 1.807) is 18.2 Å². The van der Waals surface area contributed by atoms with E-state index in [4.69, 9.17) is 34.2 Å². The Morgan fingerprint density at radius 3 is 1.64 bits per heavy atom. The van der Waals surface area contributed by atoms with Crippen molar-refractivity contribution in [1.82, 2.24) is 0 Å². The predicted octanol–water partition coefficient (Wildman–Crippen LogP) is 7.39. The molecule has 266 valence electrons. The first kappa shape index (κ1) is 37.2. The van der Waals surface area contributed by atoms with Gasteiger partial charge in [0.05, 0.1) is 38.7 Å². The van der Waals surface area contributed by atoms with Gasteiger partial charge in [0, 0.05) is 0 Å². The van der Waals surface area contributed by atoms with E-state index in [1.165, 1.54) is 12.1 Å². The summed E-state index contributed by atoms with van der Waals surface area (Å²) in [5, 5.41) is 0. The third kappa shape index (κ3) is 11.2. The van der Waals surface area contributed by atoms with Crippen LogP contribution in [0.5, 0.6) is 0 Å². The lowest BCUT2D eigenvalue weighted by molar-refractivity contribution is -0.316. The van der Waals surface area contributed by atoms with Crippen LogP contribution >= 0.6 is 0 Å². The number of nitrogens with zero attached hydrogens (tertiary/aromatic N) is 1. The second-order valence-electron chi connectivity index (χ2n) is 12.1. The van der Waals surface area contributed by atoms with Gasteiger partial charge in [-0.2, -0.15) is 13.2 Å². The van der Waals surface area contributed by atoms with Gasteiger partial charge in [-0.25, -0.2) is 4.99 Å². The maximum Gasteiger partial charge on any atom is 0.468 e. The minimum absolute atomic E-state index is 0.0303. The minimum Gasteiger partial charge on any atom is -0.441 e. The predicted molar refractivity (Wildman–Crippen MR) is 183 cm³/mol. The standard InChI is InChI=1S/C39H43F3N2O6/c1-28(22-43)23-45-27-33-34(46-24-29-14-6-2-7-15-29)35(47-25-30-16-8-3-9-17-30)36(48-26-31-18-10-4-11-19-31)37(49-33)50-38(39(40,41)42)44-32-20-12-5-13-21-32/h2-21,28,33-37H,22-27,43H2,1H3/b44-38+. The number of ether oxygens (including phenoxy) is 6. The van der Waals surface area contributed by atoms with E-state index in [0.29, 0.717) is 13.2 Å². The van der Waals surface area contributed by atoms with E-state index in [0.717, 1.165) is 16.7 Å². The maximum absolute atomic E-state index is 14.6. The summed E-state index contributed by atoms with van der Waals surface area (Å²) in [6.07, 6.45) is -10.5. The van der Waals surface area contributed by atoms with E-state index in [9.17, 15) is 13.2 Å². The molecule has 0 saturated carbocycles. The quantitative estimate of drug-likeness (QED) is 0.0967. The normalized spacial score (nSPS) is 21.9. The molecule has 6 atom stereocenters. The summed E-state index contributed by atoms with van der Waals surface area (Å²) >= 11 is 0. The summed E-state index contributed by atoms with van der Waals surface area (Å²) < 4.78 is 81.3. The van der Waals surface area contributed by atoms with Crippen molar-refractivity contribution in [3.63, 3.8) is 0 Å². The van der Waals surface area contributed by atoms with Gasteiger partial charge in [-0.3, -0.25) is 0 Å². The topological polar surface area (TPSA) is 93.8 Å². The van der Waals surface area contributed by atoms with E-state index in [1.807, 2.05) is 97.9 Å². The zero-order chi connectivity index (χ0) is 35.2. The summed E-state index contributed by atoms with van der Waals surface area (Å²) in [5.41, 5.74) is 8.42. The maximum atomic E-state index is 14.6. The van der Waals surface area contributed by atoms with Crippen molar-refractivity contribution >= 4 is 11.6 Å². The first-order chi connectivity index (χ1) is 24.3. The van der Waals surface area contributed by atoms with Crippen LogP contribution in [0.4, 0.5) is 18.9 Å². The Hall–Kier alpha value is -4.10. The van der Waals surface area contributed by atoms with Gasteiger partial charge >= 0.3 is 6.18 Å². The third-order valence-corrected chi connectivity index (χ3v) is 7.99. The Balaban J connectivity index is 1.53. The van der Waals surface area contributed by atoms with Crippen molar-refractivity contribution < 1.29 is 41.6 Å². The number of aliphatic imine (C=N–C) groups is 1. The number of para-hydroxylation sites is 1. The fourth-order valence-corrected chi connectivity index (χ4v) is 5.31. The summed E-state index contributed by atoms with van der Waals surface area (Å²) in [4.78, 5) is 3.83. The van der Waals surface area contributed by atoms with Crippen LogP contribution in [0.2, 0.25) is 0 Å². The molecule has 11 heteroatoms. The van der Waals surface area contributed by atoms with Crippen molar-refractivity contribution in [3.8, 4) is 0 Å². The molecule has 0 amide bonds. The zero-order valence-electron chi connectivity index (χ0n) is 27.9. The lowest BCUT2D eigenvalue weighted by atomic mass is 9.97. The van der Waals surface area contributed by atoms with Crippen LogP contribution in [-0.2, 0) is 48.2 Å². The molecule has 5 rings (SSSR count). The van der Waals surface area contributed by atoms with Gasteiger partial charge in [0.15, 0.2) is 0 Å². The zero-order valence-corrected chi connectivity index (χ0v) is 27.9. The Kier molecular flexibility index (Phi) is 13.9. The Morgan fingerprint density at radius 2 is 1.16 bits per heavy atom. The molecule has 4 aromatic carbocycles. The number of hydrogen-bond donors (Lipinski definition) is 1. The third-order valence-electron chi connectivity index (χ3n) is 7.99. The van der Waals surface area contributed by atoms with Crippen molar-refractivity contribution in [1.29, 1.82) is 0 Å². The van der Waals surface area contributed by atoms with Gasteiger partial charge in [-0.1, -0.05) is 116 Å². The van der Waals surface area contributed by atoms with Crippen LogP contribution in [0.25, 0.3) is 0 Å². The second-order valence-corrected chi connectivity index (χ2v) is 12.1. The van der Waals surface area contributed by atoms with Crippen LogP contribution in [0, 0.1) is 5.92 Å². The molecule has 2 N–H and O–H groups in total. The summed E-state index contributed by atoms with van der Waals surface area (Å²) in [5.74, 6) is -1.44. The summed E-state index contributed by atoms with van der Waals surface area (Å²) in [6, 6.07) is 36.0. The summed E-state index contributed by atoms with van der Waals surface area (Å²) in [6.45, 7) is 2.95. The molecule has 0 spiro atoms. The molecule has 0 bridgehead atoms. The smallest absolute Gasteiger partial charge is 0.441 e. The molecule has 0 radical (unpaired) electrons. The highest BCUT2D eigenvalue weighted by atomic mass is 19.4. The monoisotopic (exact) mass is 692 g/mol. The minimum atomic E-state index is -4.95. The van der Waals surface area contributed by atoms with Gasteiger partial charge in [-0.05, 0) is 41.3 Å². The highest BCUT2D eigenvalue weighted by Crippen LogP contribution is 2.34. The number of benzene rings is 4. The molecule has 8 nitrogen and oxygen atoms in total. The van der Waals surface area contributed by atoms with Crippen LogP contribution in [0.15, 0.2) is 126 Å². The van der Waals surface area contributed by atoms with Crippen molar-refractivity contribution in [2.45, 2.75) is 63.6 Å². The molecule has 50 heavy (non-hydrogen) atoms. The van der Waals surface area contributed by atoms with Gasteiger partial charge in [0.25, 0.3) is 5.90 Å². The Morgan fingerprint density at radius 1 is 0.700 bits per heavy atom. The average molecular weight is 693 g/mol. The van der Waals surface area contributed by atoms with Crippen LogP contribution in [0.3, 0.4) is 0 Å². The van der Waals surface area contributed by atoms with Crippen molar-refractivity contribution in [2.75, 3.05) is 19.8 Å². The van der Waals surface area contributed by atoms with E-state index >= 15 is 0 Å². The van der Waals surface area contributed by atoms with E-state index in [-0.39, 0.29) is 38.0 Å². The van der Waals surface area contributed by atoms with Gasteiger partial charge in [0.1, 0.15) is 24.4 Å². The van der Waals surface area contributed by atoms with Gasteiger partial charge in [-0.15, -0.1) is 0 Å². The molecule has 1 heterocycles. The molecule has 1 fully saturated rings. The fraction of sp³-hybridized carbons (Fsp3) is 0.359. The number of hydrogen-bond acceptors (Lipinski definition) is 8. The van der Waals surface area contributed by atoms with E-state index in [2.05, 4.69) is 4.99 Å². The second kappa shape index (κ2) is 18.8. The molecule has 4 aromatic rings. The summed E-state index contributed by atoms with van der Waals surface area (Å²) in [7, 11) is 0. The average Bonchev–Trinajstić information content (AvgIpc) is 3.14. The Bertz CT molecular complexity index is 1560. The Labute approximate surface area is 290 Å². The molecular formula is C39H43F3N2O6. The fourth-order valence-electron chi connectivity index (χ4n) is 5.31. The highest BCUT2D eigenvalue weighted by molar-refractivity contribution is 5.84. The van der Waals surface area contributed by atoms with Crippen LogP contribution in [0.1, 0.15) is 23.6 Å². The van der Waals surface area contributed by atoms with Crippen LogP contribution < -0.4 is 5.73 Å². The first-order valence-corrected chi connectivity index (χ1v) is 16.6. The van der Waals surface area contributed by atoms with Crippen molar-refractivity contribution in [2.24, 2.45) is 16.6 Å². The number of nitrogens with two attached hydrogens (primary N) is 1. The number of rotatable bonds is 16. The first-order valence-electron chi connectivity index (χ1n) is 16.6. The molecule has 0 aliphatic carbocycles. The largest absolute Gasteiger partial charge is 0.468 e. The van der Waals surface area contributed by atoms with Crippen LogP contribution in [-0.4, -0.2) is 62.5 Å². The molecule has 1 saturated heterocycles. The lowest BCUT2D eigenvalue weighted by Crippen LogP contribution is -2.62. The highest BCUT2D eigenvalue weighted by Gasteiger charge is 2.52. The molecule has 1 aliphatic rings. The lowest BCUT2D eigenvalue weighted by Gasteiger charge is -2.45. The molecule has 1 aliphatic heterocycles. The molecule has 6 unspecified atom stereocenters.